The van der Waals surface area contributed by atoms with Gasteiger partial charge in [0, 0.05) is 6.54 Å². The van der Waals surface area contributed by atoms with Crippen molar-refractivity contribution in [2.75, 3.05) is 19.7 Å². The van der Waals surface area contributed by atoms with Crippen molar-refractivity contribution in [3.8, 4) is 5.75 Å². The predicted octanol–water partition coefficient (Wildman–Crippen LogP) is 2.73. The van der Waals surface area contributed by atoms with E-state index < -0.39 is 5.60 Å². The lowest BCUT2D eigenvalue weighted by atomic mass is 9.93. The van der Waals surface area contributed by atoms with E-state index in [1.54, 1.807) is 11.8 Å². The molecule has 1 fully saturated rings. The summed E-state index contributed by atoms with van der Waals surface area (Å²) in [6, 6.07) is 5.63. The summed E-state index contributed by atoms with van der Waals surface area (Å²) < 4.78 is 23.7. The molecular formula is C19H23FN2O4. The summed E-state index contributed by atoms with van der Waals surface area (Å²) in [5.41, 5.74) is -0.0416. The minimum absolute atomic E-state index is 0.0334. The molecule has 1 aromatic heterocycles. The van der Waals surface area contributed by atoms with Crippen molar-refractivity contribution in [2.24, 2.45) is 0 Å². The minimum Gasteiger partial charge on any atom is -0.491 e. The Labute approximate surface area is 151 Å². The van der Waals surface area contributed by atoms with Gasteiger partial charge in [-0.3, -0.25) is 4.79 Å². The van der Waals surface area contributed by atoms with Crippen LogP contribution in [0.3, 0.4) is 0 Å². The van der Waals surface area contributed by atoms with Gasteiger partial charge in [0.1, 0.15) is 35.1 Å². The van der Waals surface area contributed by atoms with Crippen LogP contribution >= 0.6 is 0 Å². The van der Waals surface area contributed by atoms with E-state index in [9.17, 15) is 14.3 Å². The van der Waals surface area contributed by atoms with Gasteiger partial charge in [-0.25, -0.2) is 4.39 Å². The Morgan fingerprint density at radius 2 is 2.15 bits per heavy atom. The lowest BCUT2D eigenvalue weighted by molar-refractivity contribution is -0.0532. The maximum absolute atomic E-state index is 13.0. The summed E-state index contributed by atoms with van der Waals surface area (Å²) in [5, 5.41) is 14.8. The van der Waals surface area contributed by atoms with Crippen LogP contribution in [-0.2, 0) is 6.42 Å². The number of benzene rings is 1. The van der Waals surface area contributed by atoms with Gasteiger partial charge in [-0.2, -0.15) is 0 Å². The molecule has 2 aromatic rings. The van der Waals surface area contributed by atoms with Crippen molar-refractivity contribution >= 4 is 5.91 Å². The molecule has 140 valence electrons. The Morgan fingerprint density at radius 1 is 1.42 bits per heavy atom. The normalized spacial score (nSPS) is 20.2. The van der Waals surface area contributed by atoms with E-state index in [2.05, 4.69) is 5.16 Å². The van der Waals surface area contributed by atoms with E-state index >= 15 is 0 Å². The zero-order chi connectivity index (χ0) is 18.7. The van der Waals surface area contributed by atoms with Crippen molar-refractivity contribution in [2.45, 2.75) is 38.7 Å². The van der Waals surface area contributed by atoms with Crippen molar-refractivity contribution in [3.05, 3.63) is 47.1 Å². The molecule has 1 amide bonds. The highest BCUT2D eigenvalue weighted by atomic mass is 19.1. The number of hydrogen-bond donors (Lipinski definition) is 1. The van der Waals surface area contributed by atoms with Crippen LogP contribution in [0.2, 0.25) is 0 Å². The van der Waals surface area contributed by atoms with Crippen LogP contribution in [0.4, 0.5) is 4.39 Å². The third kappa shape index (κ3) is 3.88. The summed E-state index contributed by atoms with van der Waals surface area (Å²) in [6.07, 6.45) is 1.80. The maximum atomic E-state index is 13.0. The van der Waals surface area contributed by atoms with E-state index in [4.69, 9.17) is 9.26 Å². The first-order chi connectivity index (χ1) is 12.4. The quantitative estimate of drug-likeness (QED) is 0.885. The van der Waals surface area contributed by atoms with E-state index in [1.807, 2.05) is 6.92 Å². The second-order valence-electron chi connectivity index (χ2n) is 6.71. The number of piperidine rings is 1. The predicted molar refractivity (Wildman–Crippen MR) is 92.6 cm³/mol. The number of carbonyl (C=O) groups excluding carboxylic acids is 1. The lowest BCUT2D eigenvalue weighted by Gasteiger charge is -2.38. The Kier molecular flexibility index (Phi) is 5.27. The van der Waals surface area contributed by atoms with Gasteiger partial charge < -0.3 is 19.3 Å². The SMILES string of the molecule is CCc1noc(C)c1C(=O)N1CCCC(O)(COc2ccc(F)cc2)C1. The number of aryl methyl sites for hydroxylation is 2. The number of ether oxygens (including phenoxy) is 1. The average Bonchev–Trinajstić information content (AvgIpc) is 3.01. The molecule has 0 aliphatic carbocycles. The largest absolute Gasteiger partial charge is 0.491 e. The second kappa shape index (κ2) is 7.45. The molecule has 26 heavy (non-hydrogen) atoms. The van der Waals surface area contributed by atoms with Crippen molar-refractivity contribution in [1.29, 1.82) is 0 Å². The van der Waals surface area contributed by atoms with E-state index in [-0.39, 0.29) is 24.9 Å². The molecule has 2 heterocycles. The van der Waals surface area contributed by atoms with Crippen LogP contribution < -0.4 is 4.74 Å². The molecule has 6 nitrogen and oxygen atoms in total. The molecule has 1 N–H and O–H groups in total. The second-order valence-corrected chi connectivity index (χ2v) is 6.71. The third-order valence-corrected chi connectivity index (χ3v) is 4.65. The molecule has 1 saturated heterocycles. The summed E-state index contributed by atoms with van der Waals surface area (Å²) in [5.74, 6) is 0.441. The lowest BCUT2D eigenvalue weighted by Crippen LogP contribution is -2.53. The first-order valence-electron chi connectivity index (χ1n) is 8.77. The Morgan fingerprint density at radius 3 is 2.85 bits per heavy atom. The van der Waals surface area contributed by atoms with Gasteiger partial charge in [0.2, 0.25) is 0 Å². The zero-order valence-corrected chi connectivity index (χ0v) is 15.0. The molecular weight excluding hydrogens is 339 g/mol. The smallest absolute Gasteiger partial charge is 0.259 e. The number of aliphatic hydroxyl groups is 1. The van der Waals surface area contributed by atoms with Crippen LogP contribution in [0.15, 0.2) is 28.8 Å². The molecule has 3 rings (SSSR count). The van der Waals surface area contributed by atoms with Gasteiger partial charge >= 0.3 is 0 Å². The molecule has 1 aliphatic heterocycles. The first kappa shape index (κ1) is 18.4. The number of halogens is 1. The van der Waals surface area contributed by atoms with Crippen LogP contribution in [0.5, 0.6) is 5.75 Å². The van der Waals surface area contributed by atoms with Gasteiger partial charge in [-0.05, 0) is 50.5 Å². The summed E-state index contributed by atoms with van der Waals surface area (Å²) in [4.78, 5) is 14.5. The molecule has 0 radical (unpaired) electrons. The summed E-state index contributed by atoms with van der Waals surface area (Å²) in [7, 11) is 0. The molecule has 0 saturated carbocycles. The Balaban J connectivity index is 1.68. The minimum atomic E-state index is -1.15. The standard InChI is InChI=1S/C19H23FN2O4/c1-3-16-17(13(2)26-21-16)18(23)22-10-4-9-19(24,11-22)12-25-15-7-5-14(20)6-8-15/h5-8,24H,3-4,9-12H2,1-2H3. The maximum Gasteiger partial charge on any atom is 0.259 e. The number of likely N-dealkylation sites (tertiary alicyclic amines) is 1. The van der Waals surface area contributed by atoms with E-state index in [0.29, 0.717) is 48.6 Å². The molecule has 0 bridgehead atoms. The highest BCUT2D eigenvalue weighted by Crippen LogP contribution is 2.26. The monoisotopic (exact) mass is 362 g/mol. The summed E-state index contributed by atoms with van der Waals surface area (Å²) >= 11 is 0. The zero-order valence-electron chi connectivity index (χ0n) is 15.0. The number of carbonyl (C=O) groups is 1. The molecule has 0 spiro atoms. The van der Waals surface area contributed by atoms with Gasteiger partial charge in [0.15, 0.2) is 0 Å². The Hall–Kier alpha value is -2.41. The fraction of sp³-hybridized carbons (Fsp3) is 0.474. The van der Waals surface area contributed by atoms with Gasteiger partial charge in [0.05, 0.1) is 12.2 Å². The highest BCUT2D eigenvalue weighted by Gasteiger charge is 2.37. The number of β-amino-alcohol motifs (C(OH)–C–C–N with tert-alkyl or cyclic N) is 1. The van der Waals surface area contributed by atoms with Gasteiger partial charge in [-0.15, -0.1) is 0 Å². The highest BCUT2D eigenvalue weighted by molar-refractivity contribution is 5.96. The van der Waals surface area contributed by atoms with Crippen LogP contribution in [0.1, 0.15) is 41.6 Å². The Bertz CT molecular complexity index is 774. The fourth-order valence-electron chi connectivity index (χ4n) is 3.24. The van der Waals surface area contributed by atoms with Crippen LogP contribution in [0, 0.1) is 12.7 Å². The fourth-order valence-corrected chi connectivity index (χ4v) is 3.24. The van der Waals surface area contributed by atoms with Gasteiger partial charge in [0.25, 0.3) is 5.91 Å². The first-order valence-corrected chi connectivity index (χ1v) is 8.77. The number of rotatable bonds is 5. The molecule has 1 atom stereocenters. The summed E-state index contributed by atoms with van der Waals surface area (Å²) in [6.45, 7) is 4.39. The number of aromatic nitrogens is 1. The number of hydrogen-bond acceptors (Lipinski definition) is 5. The van der Waals surface area contributed by atoms with Crippen molar-refractivity contribution in [1.82, 2.24) is 10.1 Å². The number of nitrogens with zero attached hydrogens (tertiary/aromatic N) is 2. The van der Waals surface area contributed by atoms with E-state index in [0.717, 1.165) is 0 Å². The molecule has 7 heteroatoms. The molecule has 1 aromatic carbocycles. The average molecular weight is 362 g/mol. The van der Waals surface area contributed by atoms with Crippen LogP contribution in [-0.4, -0.2) is 46.4 Å². The van der Waals surface area contributed by atoms with Crippen molar-refractivity contribution < 1.29 is 23.6 Å². The molecule has 1 unspecified atom stereocenters. The topological polar surface area (TPSA) is 75.8 Å². The molecule has 1 aliphatic rings. The number of amides is 1. The van der Waals surface area contributed by atoms with Crippen LogP contribution in [0.25, 0.3) is 0 Å². The third-order valence-electron chi connectivity index (χ3n) is 4.65. The van der Waals surface area contributed by atoms with E-state index in [1.165, 1.54) is 24.3 Å². The van der Waals surface area contributed by atoms with Gasteiger partial charge in [-0.1, -0.05) is 12.1 Å². The van der Waals surface area contributed by atoms with Crippen molar-refractivity contribution in [3.63, 3.8) is 0 Å².